The highest BCUT2D eigenvalue weighted by molar-refractivity contribution is 7.91. The standard InChI is InChI=1S/C5H11NO2S/c6-3-5-1-2-9(7,8)4-5/h5H,1-4,6H2/p+1. The van der Waals surface area contributed by atoms with Gasteiger partial charge in [0.25, 0.3) is 0 Å². The Kier molecular flexibility index (Phi) is 1.77. The summed E-state index contributed by atoms with van der Waals surface area (Å²) in [6.45, 7) is 0.763. The van der Waals surface area contributed by atoms with Crippen molar-refractivity contribution in [1.29, 1.82) is 0 Å². The average Bonchev–Trinajstić information content (AvgIpc) is 2.10. The summed E-state index contributed by atoms with van der Waals surface area (Å²) in [6, 6.07) is 0. The van der Waals surface area contributed by atoms with E-state index in [1.54, 1.807) is 0 Å². The Morgan fingerprint density at radius 1 is 1.56 bits per heavy atom. The van der Waals surface area contributed by atoms with Crippen molar-refractivity contribution in [3.63, 3.8) is 0 Å². The van der Waals surface area contributed by atoms with Crippen LogP contribution in [0.15, 0.2) is 0 Å². The molecule has 0 radical (unpaired) electrons. The molecule has 1 fully saturated rings. The molecule has 0 aliphatic carbocycles. The molecule has 1 aliphatic rings. The van der Waals surface area contributed by atoms with E-state index in [0.717, 1.165) is 13.0 Å². The molecule has 1 heterocycles. The van der Waals surface area contributed by atoms with Crippen LogP contribution in [-0.4, -0.2) is 26.5 Å². The zero-order valence-electron chi connectivity index (χ0n) is 5.34. The lowest BCUT2D eigenvalue weighted by Crippen LogP contribution is -2.53. The van der Waals surface area contributed by atoms with Gasteiger partial charge in [-0.2, -0.15) is 0 Å². The molecule has 0 aromatic carbocycles. The SMILES string of the molecule is [NH3+]CC1CCS(=O)(=O)C1. The van der Waals surface area contributed by atoms with Crippen LogP contribution in [0.1, 0.15) is 6.42 Å². The van der Waals surface area contributed by atoms with Gasteiger partial charge < -0.3 is 5.73 Å². The number of rotatable bonds is 1. The van der Waals surface area contributed by atoms with Crippen molar-refractivity contribution in [2.24, 2.45) is 5.92 Å². The Labute approximate surface area is 55.2 Å². The quantitative estimate of drug-likeness (QED) is 0.503. The molecule has 4 heteroatoms. The third kappa shape index (κ3) is 1.66. The van der Waals surface area contributed by atoms with Crippen LogP contribution in [0.5, 0.6) is 0 Å². The van der Waals surface area contributed by atoms with E-state index in [0.29, 0.717) is 17.4 Å². The molecule has 0 aromatic heterocycles. The van der Waals surface area contributed by atoms with Crippen molar-refractivity contribution in [3.05, 3.63) is 0 Å². The Morgan fingerprint density at radius 3 is 2.44 bits per heavy atom. The lowest BCUT2D eigenvalue weighted by Gasteiger charge is -1.95. The Bertz CT molecular complexity index is 185. The molecule has 9 heavy (non-hydrogen) atoms. The Balaban J connectivity index is 2.58. The van der Waals surface area contributed by atoms with Crippen molar-refractivity contribution in [2.45, 2.75) is 6.42 Å². The van der Waals surface area contributed by atoms with E-state index in [-0.39, 0.29) is 0 Å². The molecule has 1 aliphatic heterocycles. The summed E-state index contributed by atoms with van der Waals surface area (Å²) < 4.78 is 21.5. The van der Waals surface area contributed by atoms with Gasteiger partial charge in [0.15, 0.2) is 9.84 Å². The first-order chi connectivity index (χ1) is 4.14. The van der Waals surface area contributed by atoms with E-state index < -0.39 is 9.84 Å². The second-order valence-electron chi connectivity index (χ2n) is 2.56. The van der Waals surface area contributed by atoms with Crippen LogP contribution in [0.2, 0.25) is 0 Å². The second-order valence-corrected chi connectivity index (χ2v) is 4.79. The smallest absolute Gasteiger partial charge is 0.150 e. The minimum atomic E-state index is -2.65. The molecule has 1 saturated heterocycles. The second kappa shape index (κ2) is 2.27. The summed E-state index contributed by atoms with van der Waals surface area (Å²) in [4.78, 5) is 0. The zero-order chi connectivity index (χ0) is 6.91. The number of sulfone groups is 1. The summed E-state index contributed by atoms with van der Waals surface area (Å²) in [5, 5.41) is 0. The van der Waals surface area contributed by atoms with Gasteiger partial charge in [-0.3, -0.25) is 0 Å². The van der Waals surface area contributed by atoms with E-state index >= 15 is 0 Å². The van der Waals surface area contributed by atoms with Gasteiger partial charge >= 0.3 is 0 Å². The topological polar surface area (TPSA) is 61.8 Å². The highest BCUT2D eigenvalue weighted by Crippen LogP contribution is 2.15. The van der Waals surface area contributed by atoms with Crippen molar-refractivity contribution in [3.8, 4) is 0 Å². The van der Waals surface area contributed by atoms with Gasteiger partial charge in [-0.15, -0.1) is 0 Å². The molecular weight excluding hydrogens is 138 g/mol. The highest BCUT2D eigenvalue weighted by Gasteiger charge is 2.27. The van der Waals surface area contributed by atoms with Crippen LogP contribution >= 0.6 is 0 Å². The minimum absolute atomic E-state index is 0.343. The fourth-order valence-corrected chi connectivity index (χ4v) is 3.01. The first-order valence-electron chi connectivity index (χ1n) is 3.14. The van der Waals surface area contributed by atoms with Gasteiger partial charge in [0.05, 0.1) is 18.1 Å². The lowest BCUT2D eigenvalue weighted by atomic mass is 10.1. The van der Waals surface area contributed by atoms with E-state index in [1.165, 1.54) is 0 Å². The summed E-state index contributed by atoms with van der Waals surface area (Å²) in [6.07, 6.45) is 0.825. The summed E-state index contributed by atoms with van der Waals surface area (Å²) in [5.41, 5.74) is 3.67. The fraction of sp³-hybridized carbons (Fsp3) is 1.00. The molecule has 1 atom stereocenters. The fourth-order valence-electron chi connectivity index (χ4n) is 1.10. The Hall–Kier alpha value is -0.0900. The number of quaternary nitrogens is 1. The minimum Gasteiger partial charge on any atom is -0.357 e. The van der Waals surface area contributed by atoms with Crippen LogP contribution in [0, 0.1) is 5.92 Å². The Morgan fingerprint density at radius 2 is 2.22 bits per heavy atom. The molecule has 0 saturated carbocycles. The van der Waals surface area contributed by atoms with Gasteiger partial charge in [-0.1, -0.05) is 0 Å². The zero-order valence-corrected chi connectivity index (χ0v) is 6.15. The van der Waals surface area contributed by atoms with Gasteiger partial charge in [0, 0.05) is 5.92 Å². The summed E-state index contributed by atoms with van der Waals surface area (Å²) in [7, 11) is -2.65. The lowest BCUT2D eigenvalue weighted by molar-refractivity contribution is -0.377. The molecule has 1 rings (SSSR count). The van der Waals surface area contributed by atoms with Crippen molar-refractivity contribution < 1.29 is 14.2 Å². The predicted molar refractivity (Wildman–Crippen MR) is 34.5 cm³/mol. The van der Waals surface area contributed by atoms with Gasteiger partial charge in [0.1, 0.15) is 0 Å². The van der Waals surface area contributed by atoms with E-state index in [4.69, 9.17) is 0 Å². The summed E-state index contributed by atoms with van der Waals surface area (Å²) in [5.74, 6) is 1.10. The van der Waals surface area contributed by atoms with Crippen LogP contribution in [0.4, 0.5) is 0 Å². The van der Waals surface area contributed by atoms with Crippen LogP contribution in [0.25, 0.3) is 0 Å². The van der Waals surface area contributed by atoms with E-state index in [9.17, 15) is 8.42 Å². The molecule has 3 N–H and O–H groups in total. The molecule has 1 unspecified atom stereocenters. The predicted octanol–water partition coefficient (Wildman–Crippen LogP) is -1.34. The largest absolute Gasteiger partial charge is 0.357 e. The maximum absolute atomic E-state index is 10.8. The maximum atomic E-state index is 10.8. The molecule has 3 nitrogen and oxygen atoms in total. The molecule has 0 aromatic rings. The number of hydrogen-bond acceptors (Lipinski definition) is 2. The molecule has 0 bridgehead atoms. The third-order valence-electron chi connectivity index (χ3n) is 1.73. The first-order valence-corrected chi connectivity index (χ1v) is 4.96. The molecule has 0 spiro atoms. The van der Waals surface area contributed by atoms with Crippen LogP contribution in [0.3, 0.4) is 0 Å². The van der Waals surface area contributed by atoms with E-state index in [2.05, 4.69) is 5.73 Å². The highest BCUT2D eigenvalue weighted by atomic mass is 32.2. The molecule has 0 amide bonds. The third-order valence-corrected chi connectivity index (χ3v) is 3.57. The summed E-state index contributed by atoms with van der Waals surface area (Å²) >= 11 is 0. The first kappa shape index (κ1) is 7.02. The van der Waals surface area contributed by atoms with Crippen molar-refractivity contribution in [2.75, 3.05) is 18.1 Å². The van der Waals surface area contributed by atoms with Gasteiger partial charge in [-0.25, -0.2) is 8.42 Å². The average molecular weight is 150 g/mol. The van der Waals surface area contributed by atoms with Gasteiger partial charge in [0.2, 0.25) is 0 Å². The van der Waals surface area contributed by atoms with Crippen LogP contribution < -0.4 is 5.73 Å². The maximum Gasteiger partial charge on any atom is 0.150 e. The van der Waals surface area contributed by atoms with Crippen molar-refractivity contribution >= 4 is 9.84 Å². The molecular formula is C5H12NO2S+. The molecule has 54 valence electrons. The van der Waals surface area contributed by atoms with E-state index in [1.807, 2.05) is 0 Å². The van der Waals surface area contributed by atoms with Crippen LogP contribution in [-0.2, 0) is 9.84 Å². The van der Waals surface area contributed by atoms with Gasteiger partial charge in [-0.05, 0) is 6.42 Å². The monoisotopic (exact) mass is 150 g/mol. The number of hydrogen-bond donors (Lipinski definition) is 1. The van der Waals surface area contributed by atoms with Crippen molar-refractivity contribution in [1.82, 2.24) is 0 Å². The normalized spacial score (nSPS) is 32.8.